The molecule has 0 atom stereocenters. The van der Waals surface area contributed by atoms with Crippen molar-refractivity contribution in [2.45, 2.75) is 6.18 Å². The summed E-state index contributed by atoms with van der Waals surface area (Å²) < 4.78 is 43.1. The molecule has 0 unspecified atom stereocenters. The maximum atomic E-state index is 12.7. The van der Waals surface area contributed by atoms with Crippen LogP contribution in [0.5, 0.6) is 5.75 Å². The Morgan fingerprint density at radius 3 is 2.45 bits per heavy atom. The molecule has 0 heterocycles. The van der Waals surface area contributed by atoms with Gasteiger partial charge in [0.15, 0.2) is 5.11 Å². The number of alkyl halides is 3. The van der Waals surface area contributed by atoms with Crippen LogP contribution in [0.4, 0.5) is 24.5 Å². The first-order valence-electron chi connectivity index (χ1n) is 6.28. The average Bonchev–Trinajstić information content (AvgIpc) is 2.47. The number of hydrogen-bond acceptors (Lipinski definition) is 2. The number of para-hydroxylation sites is 2. The lowest BCUT2D eigenvalue weighted by Gasteiger charge is -2.14. The fourth-order valence-electron chi connectivity index (χ4n) is 1.81. The Kier molecular flexibility index (Phi) is 4.87. The van der Waals surface area contributed by atoms with Crippen molar-refractivity contribution in [3.8, 4) is 5.75 Å². The van der Waals surface area contributed by atoms with E-state index in [4.69, 9.17) is 17.0 Å². The van der Waals surface area contributed by atoms with E-state index in [0.717, 1.165) is 12.1 Å². The van der Waals surface area contributed by atoms with Crippen LogP contribution in [0, 0.1) is 0 Å². The number of methoxy groups -OCH3 is 1. The smallest absolute Gasteiger partial charge is 0.416 e. The number of benzene rings is 2. The van der Waals surface area contributed by atoms with Crippen molar-refractivity contribution in [2.75, 3.05) is 17.7 Å². The molecule has 0 amide bonds. The summed E-state index contributed by atoms with van der Waals surface area (Å²) in [6.45, 7) is 0. The molecule has 0 aromatic heterocycles. The van der Waals surface area contributed by atoms with Gasteiger partial charge in [0.25, 0.3) is 0 Å². The Labute approximate surface area is 131 Å². The zero-order valence-electron chi connectivity index (χ0n) is 11.6. The van der Waals surface area contributed by atoms with Crippen LogP contribution in [0.15, 0.2) is 48.5 Å². The highest BCUT2D eigenvalue weighted by atomic mass is 32.1. The molecule has 0 saturated heterocycles. The zero-order chi connectivity index (χ0) is 16.2. The van der Waals surface area contributed by atoms with Crippen molar-refractivity contribution >= 4 is 28.7 Å². The molecular weight excluding hydrogens is 313 g/mol. The molecule has 0 radical (unpaired) electrons. The number of ether oxygens (including phenoxy) is 1. The Morgan fingerprint density at radius 2 is 1.77 bits per heavy atom. The Morgan fingerprint density at radius 1 is 1.05 bits per heavy atom. The van der Waals surface area contributed by atoms with Gasteiger partial charge in [-0.1, -0.05) is 18.2 Å². The van der Waals surface area contributed by atoms with Gasteiger partial charge >= 0.3 is 6.18 Å². The molecule has 0 spiro atoms. The summed E-state index contributed by atoms with van der Waals surface area (Å²) in [4.78, 5) is 0. The predicted octanol–water partition coefficient (Wildman–Crippen LogP) is 4.52. The predicted molar refractivity (Wildman–Crippen MR) is 84.3 cm³/mol. The van der Waals surface area contributed by atoms with Crippen LogP contribution in [0.2, 0.25) is 0 Å². The molecule has 7 heteroatoms. The third kappa shape index (κ3) is 4.11. The highest BCUT2D eigenvalue weighted by molar-refractivity contribution is 7.80. The number of thiocarbonyl (C=S) groups is 1. The summed E-state index contributed by atoms with van der Waals surface area (Å²) in [5.74, 6) is 0.579. The molecule has 22 heavy (non-hydrogen) atoms. The van der Waals surface area contributed by atoms with Crippen LogP contribution >= 0.6 is 12.2 Å². The van der Waals surface area contributed by atoms with Crippen molar-refractivity contribution in [1.29, 1.82) is 0 Å². The van der Waals surface area contributed by atoms with Gasteiger partial charge in [-0.3, -0.25) is 0 Å². The molecule has 2 aromatic carbocycles. The molecule has 0 bridgehead atoms. The van der Waals surface area contributed by atoms with E-state index >= 15 is 0 Å². The van der Waals surface area contributed by atoms with Gasteiger partial charge in [0.1, 0.15) is 5.75 Å². The average molecular weight is 326 g/mol. The summed E-state index contributed by atoms with van der Waals surface area (Å²) in [7, 11) is 1.52. The summed E-state index contributed by atoms with van der Waals surface area (Å²) in [5.41, 5.74) is 0.134. The summed E-state index contributed by atoms with van der Waals surface area (Å²) >= 11 is 5.10. The van der Waals surface area contributed by atoms with Crippen molar-refractivity contribution in [1.82, 2.24) is 0 Å². The third-order valence-electron chi connectivity index (χ3n) is 2.80. The van der Waals surface area contributed by atoms with Gasteiger partial charge in [-0.25, -0.2) is 0 Å². The minimum atomic E-state index is -4.39. The van der Waals surface area contributed by atoms with Gasteiger partial charge in [-0.05, 0) is 42.5 Å². The second-order valence-corrected chi connectivity index (χ2v) is 4.77. The largest absolute Gasteiger partial charge is 0.495 e. The second kappa shape index (κ2) is 6.65. The number of halogens is 3. The molecule has 2 rings (SSSR count). The Bertz CT molecular complexity index is 674. The summed E-state index contributed by atoms with van der Waals surface area (Å²) in [6, 6.07) is 11.9. The van der Waals surface area contributed by atoms with E-state index in [9.17, 15) is 13.2 Å². The first-order chi connectivity index (χ1) is 10.4. The van der Waals surface area contributed by atoms with Gasteiger partial charge in [0.05, 0.1) is 18.4 Å². The number of nitrogens with one attached hydrogen (secondary N) is 2. The van der Waals surface area contributed by atoms with Gasteiger partial charge in [-0.2, -0.15) is 13.2 Å². The quantitative estimate of drug-likeness (QED) is 0.812. The van der Waals surface area contributed by atoms with Gasteiger partial charge in [0, 0.05) is 5.69 Å². The summed E-state index contributed by atoms with van der Waals surface area (Å²) in [5, 5.41) is 5.77. The van der Waals surface area contributed by atoms with E-state index in [0.29, 0.717) is 11.4 Å². The van der Waals surface area contributed by atoms with Crippen LogP contribution < -0.4 is 15.4 Å². The van der Waals surface area contributed by atoms with Crippen molar-refractivity contribution in [2.24, 2.45) is 0 Å². The van der Waals surface area contributed by atoms with Crippen LogP contribution in [0.1, 0.15) is 5.56 Å². The Hall–Kier alpha value is -2.28. The van der Waals surface area contributed by atoms with Crippen LogP contribution in [0.25, 0.3) is 0 Å². The molecule has 0 aliphatic heterocycles. The second-order valence-electron chi connectivity index (χ2n) is 4.36. The molecule has 2 aromatic rings. The lowest BCUT2D eigenvalue weighted by atomic mass is 10.2. The lowest BCUT2D eigenvalue weighted by molar-refractivity contribution is -0.137. The first kappa shape index (κ1) is 16.1. The van der Waals surface area contributed by atoms with E-state index in [1.54, 1.807) is 24.3 Å². The maximum absolute atomic E-state index is 12.7. The first-order valence-corrected chi connectivity index (χ1v) is 6.69. The molecule has 3 nitrogen and oxygen atoms in total. The van der Waals surface area contributed by atoms with Gasteiger partial charge in [0.2, 0.25) is 0 Å². The topological polar surface area (TPSA) is 33.3 Å². The number of anilines is 2. The molecule has 116 valence electrons. The molecule has 0 aliphatic carbocycles. The molecule has 0 saturated carbocycles. The van der Waals surface area contributed by atoms with E-state index in [1.807, 2.05) is 0 Å². The maximum Gasteiger partial charge on any atom is 0.416 e. The zero-order valence-corrected chi connectivity index (χ0v) is 12.4. The standard InChI is InChI=1S/C15H13F3N2OS/c1-21-13-8-3-2-7-12(13)20-14(22)19-11-6-4-5-10(9-11)15(16,17)18/h2-9H,1H3,(H2,19,20,22). The Balaban J connectivity index is 2.09. The van der Waals surface area contributed by atoms with E-state index in [-0.39, 0.29) is 10.8 Å². The van der Waals surface area contributed by atoms with Crippen molar-refractivity contribution in [3.63, 3.8) is 0 Å². The molecular formula is C15H13F3N2OS. The molecule has 0 aliphatic rings. The highest BCUT2D eigenvalue weighted by Crippen LogP contribution is 2.30. The third-order valence-corrected chi connectivity index (χ3v) is 3.01. The lowest BCUT2D eigenvalue weighted by Crippen LogP contribution is -2.19. The van der Waals surface area contributed by atoms with Crippen LogP contribution in [-0.2, 0) is 6.18 Å². The minimum absolute atomic E-state index is 0.170. The normalized spacial score (nSPS) is 10.9. The van der Waals surface area contributed by atoms with Gasteiger partial charge in [-0.15, -0.1) is 0 Å². The monoisotopic (exact) mass is 326 g/mol. The SMILES string of the molecule is COc1ccccc1NC(=S)Nc1cccc(C(F)(F)F)c1. The van der Waals surface area contributed by atoms with Crippen molar-refractivity contribution < 1.29 is 17.9 Å². The van der Waals surface area contributed by atoms with Crippen molar-refractivity contribution in [3.05, 3.63) is 54.1 Å². The number of rotatable bonds is 3. The molecule has 2 N–H and O–H groups in total. The molecule has 0 fully saturated rings. The number of hydrogen-bond donors (Lipinski definition) is 2. The fraction of sp³-hybridized carbons (Fsp3) is 0.133. The minimum Gasteiger partial charge on any atom is -0.495 e. The van der Waals surface area contributed by atoms with E-state index in [2.05, 4.69) is 10.6 Å². The summed E-state index contributed by atoms with van der Waals surface area (Å²) in [6.07, 6.45) is -4.39. The van der Waals surface area contributed by atoms with E-state index in [1.165, 1.54) is 19.2 Å². The fourth-order valence-corrected chi connectivity index (χ4v) is 2.03. The van der Waals surface area contributed by atoms with Crippen LogP contribution in [-0.4, -0.2) is 12.2 Å². The van der Waals surface area contributed by atoms with Gasteiger partial charge < -0.3 is 15.4 Å². The van der Waals surface area contributed by atoms with E-state index < -0.39 is 11.7 Å². The van der Waals surface area contributed by atoms with Crippen LogP contribution in [0.3, 0.4) is 0 Å². The highest BCUT2D eigenvalue weighted by Gasteiger charge is 2.30.